The Kier molecular flexibility index (Phi) is 4.36. The molecule has 1 unspecified atom stereocenters. The fraction of sp³-hybridized carbons (Fsp3) is 0.333. The van der Waals surface area contributed by atoms with Crippen molar-refractivity contribution in [3.05, 3.63) is 60.2 Å². The average molecular weight is 488 g/mol. The van der Waals surface area contributed by atoms with Crippen LogP contribution in [0.25, 0.3) is 11.1 Å². The highest BCUT2D eigenvalue weighted by atomic mass is 32.2. The Balaban J connectivity index is 1.25. The van der Waals surface area contributed by atoms with Crippen molar-refractivity contribution in [2.75, 3.05) is 23.0 Å². The molecule has 1 saturated carbocycles. The summed E-state index contributed by atoms with van der Waals surface area (Å²) < 4.78 is 60.0. The van der Waals surface area contributed by atoms with E-state index in [-0.39, 0.29) is 46.7 Å². The van der Waals surface area contributed by atoms with Gasteiger partial charge in [-0.3, -0.25) is 9.88 Å². The summed E-state index contributed by atoms with van der Waals surface area (Å²) in [6, 6.07) is 5.19. The highest BCUT2D eigenvalue weighted by Gasteiger charge is 2.69. The van der Waals surface area contributed by atoms with E-state index in [2.05, 4.69) is 15.3 Å². The number of pyridine rings is 1. The standard InChI is InChI=1S/C21H18F2N6O4S/c22-15-5-12(28-8-18(33-20(28)30)29-4-3-26-27-29)6-16(23)19(15)11-1-2-17(25-7-11)21(24)13-9-34(31,32)10-14(13)21/h1-7,13-14,18H,8-10,24H2/t13-,14+,18?,21-. The summed E-state index contributed by atoms with van der Waals surface area (Å²) in [6.07, 6.45) is 2.73. The number of carbonyl (C=O) groups excluding carboxylic acids is 1. The Hall–Kier alpha value is -3.45. The number of amides is 1. The smallest absolute Gasteiger partial charge is 0.416 e. The van der Waals surface area contributed by atoms with E-state index in [1.54, 1.807) is 6.07 Å². The van der Waals surface area contributed by atoms with Gasteiger partial charge in [-0.1, -0.05) is 11.3 Å². The first-order valence-electron chi connectivity index (χ1n) is 10.5. The Morgan fingerprint density at radius 2 is 1.85 bits per heavy atom. The molecule has 0 spiro atoms. The van der Waals surface area contributed by atoms with Gasteiger partial charge >= 0.3 is 6.09 Å². The number of halogens is 2. The third-order valence-corrected chi connectivity index (χ3v) is 8.57. The molecule has 3 aliphatic rings. The number of rotatable bonds is 4. The first-order valence-corrected chi connectivity index (χ1v) is 12.3. The molecule has 1 aliphatic carbocycles. The molecule has 1 aromatic carbocycles. The lowest BCUT2D eigenvalue weighted by Crippen LogP contribution is -2.31. The van der Waals surface area contributed by atoms with Crippen molar-refractivity contribution in [2.24, 2.45) is 17.6 Å². The van der Waals surface area contributed by atoms with Crippen LogP contribution in [0, 0.1) is 23.5 Å². The Labute approximate surface area is 192 Å². The maximum Gasteiger partial charge on any atom is 0.416 e. The lowest BCUT2D eigenvalue weighted by Gasteiger charge is -2.17. The summed E-state index contributed by atoms with van der Waals surface area (Å²) >= 11 is 0. The minimum Gasteiger partial charge on any atom is -0.421 e. The minimum atomic E-state index is -3.07. The SMILES string of the molecule is N[C@]1(c2ccc(-c3c(F)cc(N4CC(n5ccnn5)OC4=O)cc3F)cn2)[C@@H]2CS(=O)(=O)C[C@@H]21. The number of hydrogen-bond acceptors (Lipinski definition) is 8. The molecule has 34 heavy (non-hydrogen) atoms. The van der Waals surface area contributed by atoms with Crippen molar-refractivity contribution < 1.29 is 26.7 Å². The number of hydrogen-bond donors (Lipinski definition) is 1. The number of sulfone groups is 1. The first-order chi connectivity index (χ1) is 16.2. The number of cyclic esters (lactones) is 1. The van der Waals surface area contributed by atoms with E-state index in [0.29, 0.717) is 5.69 Å². The van der Waals surface area contributed by atoms with E-state index >= 15 is 8.78 Å². The first kappa shape index (κ1) is 21.1. The van der Waals surface area contributed by atoms with Gasteiger partial charge in [-0.2, -0.15) is 0 Å². The van der Waals surface area contributed by atoms with Crippen LogP contribution in [0.4, 0.5) is 19.3 Å². The zero-order chi connectivity index (χ0) is 23.8. The summed E-state index contributed by atoms with van der Waals surface area (Å²) in [5, 5.41) is 7.43. The number of nitrogens with two attached hydrogens (primary N) is 1. The van der Waals surface area contributed by atoms with Crippen molar-refractivity contribution in [2.45, 2.75) is 11.8 Å². The molecule has 0 bridgehead atoms. The number of benzene rings is 1. The number of fused-ring (bicyclic) bond motifs is 1. The van der Waals surface area contributed by atoms with Crippen molar-refractivity contribution in [3.63, 3.8) is 0 Å². The average Bonchev–Trinajstić information content (AvgIpc) is 3.31. The predicted molar refractivity (Wildman–Crippen MR) is 114 cm³/mol. The van der Waals surface area contributed by atoms with Crippen molar-refractivity contribution >= 4 is 21.6 Å². The Bertz CT molecular complexity index is 1370. The summed E-state index contributed by atoms with van der Waals surface area (Å²) in [5.74, 6) is -2.08. The molecule has 4 atom stereocenters. The van der Waals surface area contributed by atoms with Crippen LogP contribution in [0.3, 0.4) is 0 Å². The van der Waals surface area contributed by atoms with Gasteiger partial charge in [0, 0.05) is 29.8 Å². The second-order valence-electron chi connectivity index (χ2n) is 8.77. The topological polar surface area (TPSA) is 133 Å². The van der Waals surface area contributed by atoms with Gasteiger partial charge in [-0.05, 0) is 18.2 Å². The molecule has 2 aromatic heterocycles. The van der Waals surface area contributed by atoms with E-state index in [1.165, 1.54) is 29.3 Å². The second kappa shape index (κ2) is 7.03. The quantitative estimate of drug-likeness (QED) is 0.586. The van der Waals surface area contributed by atoms with Crippen LogP contribution in [0.15, 0.2) is 42.9 Å². The molecule has 2 aliphatic heterocycles. The molecule has 10 nitrogen and oxygen atoms in total. The van der Waals surface area contributed by atoms with Gasteiger partial charge < -0.3 is 10.5 Å². The lowest BCUT2D eigenvalue weighted by atomic mass is 10.0. The van der Waals surface area contributed by atoms with Crippen LogP contribution in [0.1, 0.15) is 11.9 Å². The van der Waals surface area contributed by atoms with Gasteiger partial charge in [0.05, 0.1) is 46.7 Å². The normalized spacial score (nSPS) is 29.2. The fourth-order valence-corrected chi connectivity index (χ4v) is 7.27. The fourth-order valence-electron chi connectivity index (χ4n) is 5.02. The molecule has 3 fully saturated rings. The monoisotopic (exact) mass is 488 g/mol. The van der Waals surface area contributed by atoms with E-state index in [1.807, 2.05) is 0 Å². The zero-order valence-electron chi connectivity index (χ0n) is 17.5. The van der Waals surface area contributed by atoms with Crippen molar-refractivity contribution in [1.29, 1.82) is 0 Å². The molecular formula is C21H18F2N6O4S. The van der Waals surface area contributed by atoms with E-state index < -0.39 is 39.3 Å². The Morgan fingerprint density at radius 1 is 1.15 bits per heavy atom. The lowest BCUT2D eigenvalue weighted by molar-refractivity contribution is 0.0922. The maximum atomic E-state index is 15.0. The summed E-state index contributed by atoms with van der Waals surface area (Å²) in [5.41, 5.74) is 5.96. The third-order valence-electron chi connectivity index (χ3n) is 6.84. The highest BCUT2D eigenvalue weighted by Crippen LogP contribution is 2.60. The number of anilines is 1. The molecule has 2 saturated heterocycles. The summed E-state index contributed by atoms with van der Waals surface area (Å²) in [7, 11) is -3.07. The van der Waals surface area contributed by atoms with Crippen LogP contribution in [-0.2, 0) is 20.1 Å². The minimum absolute atomic E-state index is 0.00358. The van der Waals surface area contributed by atoms with Gasteiger partial charge in [-0.15, -0.1) is 5.10 Å². The van der Waals surface area contributed by atoms with Gasteiger partial charge in [0.25, 0.3) is 0 Å². The molecule has 176 valence electrons. The molecule has 3 aromatic rings. The van der Waals surface area contributed by atoms with Crippen molar-refractivity contribution in [3.8, 4) is 11.1 Å². The van der Waals surface area contributed by atoms with Crippen LogP contribution in [-0.4, -0.2) is 52.5 Å². The number of ether oxygens (including phenoxy) is 1. The predicted octanol–water partition coefficient (Wildman–Crippen LogP) is 1.60. The van der Waals surface area contributed by atoms with Crippen LogP contribution in [0.5, 0.6) is 0 Å². The molecule has 1 amide bonds. The number of carbonyl (C=O) groups is 1. The van der Waals surface area contributed by atoms with Gasteiger partial charge in [0.15, 0.2) is 9.84 Å². The number of aromatic nitrogens is 4. The van der Waals surface area contributed by atoms with Crippen LogP contribution in [0.2, 0.25) is 0 Å². The van der Waals surface area contributed by atoms with Gasteiger partial charge in [0.1, 0.15) is 11.6 Å². The van der Waals surface area contributed by atoms with Gasteiger partial charge in [0.2, 0.25) is 6.23 Å². The molecule has 4 heterocycles. The molecule has 6 rings (SSSR count). The van der Waals surface area contributed by atoms with Crippen LogP contribution >= 0.6 is 0 Å². The van der Waals surface area contributed by atoms with Crippen LogP contribution < -0.4 is 10.6 Å². The molecule has 2 N–H and O–H groups in total. The zero-order valence-corrected chi connectivity index (χ0v) is 18.3. The van der Waals surface area contributed by atoms with E-state index in [9.17, 15) is 13.2 Å². The molecule has 0 radical (unpaired) electrons. The Morgan fingerprint density at radius 3 is 2.44 bits per heavy atom. The highest BCUT2D eigenvalue weighted by molar-refractivity contribution is 7.91. The van der Waals surface area contributed by atoms with Gasteiger partial charge in [-0.25, -0.2) is 26.7 Å². The molecule has 13 heteroatoms. The second-order valence-corrected chi connectivity index (χ2v) is 10.9. The summed E-state index contributed by atoms with van der Waals surface area (Å²) in [6.45, 7) is 0.00725. The van der Waals surface area contributed by atoms with E-state index in [0.717, 1.165) is 17.0 Å². The van der Waals surface area contributed by atoms with Crippen molar-refractivity contribution in [1.82, 2.24) is 20.0 Å². The maximum absolute atomic E-state index is 15.0. The number of nitrogens with zero attached hydrogens (tertiary/aromatic N) is 5. The molecular weight excluding hydrogens is 470 g/mol. The van der Waals surface area contributed by atoms with E-state index in [4.69, 9.17) is 10.5 Å². The largest absolute Gasteiger partial charge is 0.421 e. The third kappa shape index (κ3) is 3.10. The summed E-state index contributed by atoms with van der Waals surface area (Å²) in [4.78, 5) is 17.7.